The lowest BCUT2D eigenvalue weighted by Gasteiger charge is -2.25. The van der Waals surface area contributed by atoms with Crippen LogP contribution in [-0.2, 0) is 0 Å². The summed E-state index contributed by atoms with van der Waals surface area (Å²) in [5.74, 6) is 0.164. The predicted octanol–water partition coefficient (Wildman–Crippen LogP) is 6.23. The second-order valence-corrected chi connectivity index (χ2v) is 6.56. The summed E-state index contributed by atoms with van der Waals surface area (Å²) in [6.45, 7) is 8.24. The number of nitrogens with zero attached hydrogens (tertiary/aromatic N) is 3. The second kappa shape index (κ2) is 9.80. The fourth-order valence-electron chi connectivity index (χ4n) is 2.68. The van der Waals surface area contributed by atoms with Crippen LogP contribution in [0.4, 0.5) is 17.1 Å². The molecule has 0 atom stereocenters. The van der Waals surface area contributed by atoms with Crippen LogP contribution < -0.4 is 4.90 Å². The molecule has 0 saturated heterocycles. The third-order valence-electron chi connectivity index (χ3n) is 4.28. The summed E-state index contributed by atoms with van der Waals surface area (Å²) in [4.78, 5) is 2.31. The Morgan fingerprint density at radius 1 is 0.808 bits per heavy atom. The van der Waals surface area contributed by atoms with Crippen molar-refractivity contribution >= 4 is 17.1 Å². The van der Waals surface area contributed by atoms with E-state index in [0.717, 1.165) is 50.0 Å². The Morgan fingerprint density at radius 3 is 2.08 bits per heavy atom. The Hall–Kier alpha value is -2.56. The van der Waals surface area contributed by atoms with E-state index in [2.05, 4.69) is 29.0 Å². The molecule has 0 unspecified atom stereocenters. The van der Waals surface area contributed by atoms with Gasteiger partial charge in [0.2, 0.25) is 0 Å². The summed E-state index contributed by atoms with van der Waals surface area (Å²) in [6.07, 6.45) is 4.53. The highest BCUT2D eigenvalue weighted by Gasteiger charge is 2.09. The van der Waals surface area contributed by atoms with Crippen molar-refractivity contribution in [1.29, 1.82) is 0 Å². The van der Waals surface area contributed by atoms with Crippen molar-refractivity contribution in [2.24, 2.45) is 10.2 Å². The fourth-order valence-corrected chi connectivity index (χ4v) is 2.68. The predicted molar refractivity (Wildman–Crippen MR) is 107 cm³/mol. The molecule has 0 aliphatic carbocycles. The van der Waals surface area contributed by atoms with E-state index < -0.39 is 0 Å². The molecule has 140 valence electrons. The minimum absolute atomic E-state index is 0.0702. The largest absolute Gasteiger partial charge is 0.506 e. The average Bonchev–Trinajstić information content (AvgIpc) is 2.63. The Balaban J connectivity index is 2.19. The van der Waals surface area contributed by atoms with E-state index in [1.54, 1.807) is 24.3 Å². The van der Waals surface area contributed by atoms with Gasteiger partial charge in [-0.2, -0.15) is 0 Å². The van der Waals surface area contributed by atoms with E-state index in [4.69, 9.17) is 0 Å². The molecular formula is C21H29N3O2. The molecule has 0 bridgehead atoms. The van der Waals surface area contributed by atoms with Gasteiger partial charge in [-0.1, -0.05) is 32.8 Å². The maximum absolute atomic E-state index is 10.4. The number of aryl methyl sites for hydroxylation is 1. The van der Waals surface area contributed by atoms with Crippen molar-refractivity contribution in [2.75, 3.05) is 18.0 Å². The first-order chi connectivity index (χ1) is 12.5. The smallest absolute Gasteiger partial charge is 0.145 e. The number of hydrogen-bond acceptors (Lipinski definition) is 5. The van der Waals surface area contributed by atoms with Crippen LogP contribution in [0, 0.1) is 6.92 Å². The Labute approximate surface area is 156 Å². The van der Waals surface area contributed by atoms with Crippen LogP contribution in [0.1, 0.15) is 45.1 Å². The van der Waals surface area contributed by atoms with Gasteiger partial charge in [0.25, 0.3) is 0 Å². The first kappa shape index (κ1) is 19.8. The van der Waals surface area contributed by atoms with Gasteiger partial charge in [0.05, 0.1) is 0 Å². The van der Waals surface area contributed by atoms with Crippen LogP contribution in [0.2, 0.25) is 0 Å². The first-order valence-corrected chi connectivity index (χ1v) is 9.34. The Kier molecular flexibility index (Phi) is 7.45. The van der Waals surface area contributed by atoms with Crippen LogP contribution in [0.15, 0.2) is 46.6 Å². The number of hydrogen-bond donors (Lipinski definition) is 2. The lowest BCUT2D eigenvalue weighted by Crippen LogP contribution is -2.25. The van der Waals surface area contributed by atoms with Gasteiger partial charge < -0.3 is 15.1 Å². The molecule has 0 aromatic heterocycles. The lowest BCUT2D eigenvalue weighted by atomic mass is 10.2. The van der Waals surface area contributed by atoms with Crippen LogP contribution >= 0.6 is 0 Å². The number of phenols is 2. The summed E-state index contributed by atoms with van der Waals surface area (Å²) in [6, 6.07) is 10.6. The molecule has 2 N–H and O–H groups in total. The summed E-state index contributed by atoms with van der Waals surface area (Å²) in [5.41, 5.74) is 2.77. The first-order valence-electron chi connectivity index (χ1n) is 9.34. The van der Waals surface area contributed by atoms with Gasteiger partial charge in [-0.05, 0) is 49.6 Å². The number of rotatable bonds is 9. The molecule has 2 rings (SSSR count). The topological polar surface area (TPSA) is 68.4 Å². The quantitative estimate of drug-likeness (QED) is 0.524. The van der Waals surface area contributed by atoms with E-state index >= 15 is 0 Å². The summed E-state index contributed by atoms with van der Waals surface area (Å²) in [5, 5.41) is 28.4. The van der Waals surface area contributed by atoms with Crippen LogP contribution in [0.5, 0.6) is 11.5 Å². The molecule has 0 aliphatic rings. The number of benzene rings is 2. The minimum atomic E-state index is 0.0702. The molecule has 0 amide bonds. The van der Waals surface area contributed by atoms with Gasteiger partial charge in [0, 0.05) is 24.8 Å². The molecule has 26 heavy (non-hydrogen) atoms. The van der Waals surface area contributed by atoms with Gasteiger partial charge in [0.15, 0.2) is 0 Å². The highest BCUT2D eigenvalue weighted by molar-refractivity contribution is 5.61. The molecule has 2 aromatic carbocycles. The van der Waals surface area contributed by atoms with E-state index in [1.165, 1.54) is 0 Å². The molecule has 5 heteroatoms. The number of phenolic OH excluding ortho intramolecular Hbond substituents is 2. The Bertz CT molecular complexity index is 736. The average molecular weight is 355 g/mol. The zero-order valence-electron chi connectivity index (χ0n) is 15.9. The highest BCUT2D eigenvalue weighted by atomic mass is 16.3. The molecule has 2 aromatic rings. The molecule has 0 spiro atoms. The second-order valence-electron chi connectivity index (χ2n) is 6.56. The standard InChI is InChI=1S/C21H29N3O2/c1-4-6-12-24(13-7-5-2)17-9-10-18(21(26)15-17)22-23-19-14-16(3)8-11-20(19)25/h8-11,14-15,25-26H,4-7,12-13H2,1-3H3. The van der Waals surface area contributed by atoms with Crippen LogP contribution in [-0.4, -0.2) is 23.3 Å². The molecule has 0 fully saturated rings. The van der Waals surface area contributed by atoms with E-state index in [1.807, 2.05) is 19.1 Å². The fraction of sp³-hybridized carbons (Fsp3) is 0.429. The third kappa shape index (κ3) is 5.48. The molecule has 0 heterocycles. The normalized spacial score (nSPS) is 11.2. The maximum Gasteiger partial charge on any atom is 0.145 e. The van der Waals surface area contributed by atoms with E-state index in [-0.39, 0.29) is 11.5 Å². The monoisotopic (exact) mass is 355 g/mol. The summed E-state index contributed by atoms with van der Waals surface area (Å²) >= 11 is 0. The Morgan fingerprint density at radius 2 is 1.46 bits per heavy atom. The SMILES string of the molecule is CCCCN(CCCC)c1ccc(N=Nc2cc(C)ccc2O)c(O)c1. The van der Waals surface area contributed by atoms with E-state index in [0.29, 0.717) is 11.4 Å². The number of anilines is 1. The van der Waals surface area contributed by atoms with E-state index in [9.17, 15) is 10.2 Å². The molecule has 0 saturated carbocycles. The molecule has 5 nitrogen and oxygen atoms in total. The van der Waals surface area contributed by atoms with Crippen LogP contribution in [0.3, 0.4) is 0 Å². The number of aromatic hydroxyl groups is 2. The third-order valence-corrected chi connectivity index (χ3v) is 4.28. The van der Waals surface area contributed by atoms with Crippen molar-refractivity contribution in [3.8, 4) is 11.5 Å². The van der Waals surface area contributed by atoms with Crippen molar-refractivity contribution in [2.45, 2.75) is 46.5 Å². The highest BCUT2D eigenvalue weighted by Crippen LogP contribution is 2.34. The van der Waals surface area contributed by atoms with Crippen molar-refractivity contribution < 1.29 is 10.2 Å². The zero-order valence-corrected chi connectivity index (χ0v) is 15.9. The van der Waals surface area contributed by atoms with Crippen molar-refractivity contribution in [3.05, 3.63) is 42.0 Å². The van der Waals surface area contributed by atoms with Gasteiger partial charge in [-0.25, -0.2) is 0 Å². The summed E-state index contributed by atoms with van der Waals surface area (Å²) < 4.78 is 0. The molecular weight excluding hydrogens is 326 g/mol. The van der Waals surface area contributed by atoms with Gasteiger partial charge in [-0.15, -0.1) is 10.2 Å². The number of unbranched alkanes of at least 4 members (excludes halogenated alkanes) is 2. The summed E-state index contributed by atoms with van der Waals surface area (Å²) in [7, 11) is 0. The van der Waals surface area contributed by atoms with Crippen molar-refractivity contribution in [3.63, 3.8) is 0 Å². The molecule has 0 aliphatic heterocycles. The van der Waals surface area contributed by atoms with Gasteiger partial charge in [0.1, 0.15) is 22.9 Å². The van der Waals surface area contributed by atoms with Gasteiger partial charge in [-0.3, -0.25) is 0 Å². The van der Waals surface area contributed by atoms with Gasteiger partial charge >= 0.3 is 0 Å². The van der Waals surface area contributed by atoms with Crippen molar-refractivity contribution in [1.82, 2.24) is 0 Å². The minimum Gasteiger partial charge on any atom is -0.506 e. The number of azo groups is 1. The maximum atomic E-state index is 10.4. The van der Waals surface area contributed by atoms with Crippen LogP contribution in [0.25, 0.3) is 0 Å². The molecule has 0 radical (unpaired) electrons. The lowest BCUT2D eigenvalue weighted by molar-refractivity contribution is 0.473. The zero-order chi connectivity index (χ0) is 18.9.